The Bertz CT molecular complexity index is 196. The zero-order valence-corrected chi connectivity index (χ0v) is 8.90. The molecule has 1 unspecified atom stereocenters. The summed E-state index contributed by atoms with van der Waals surface area (Å²) in [6.07, 6.45) is 0.936. The van der Waals surface area contributed by atoms with Crippen molar-refractivity contribution < 1.29 is 9.53 Å². The zero-order chi connectivity index (χ0) is 10.6. The van der Waals surface area contributed by atoms with E-state index in [1.807, 2.05) is 0 Å². The van der Waals surface area contributed by atoms with Crippen molar-refractivity contribution in [1.29, 1.82) is 0 Å². The van der Waals surface area contributed by atoms with E-state index < -0.39 is 0 Å². The maximum atomic E-state index is 11.6. The number of rotatable bonds is 1. The third-order valence-corrected chi connectivity index (χ3v) is 2.35. The fraction of sp³-hybridized carbons (Fsp3) is 0.889. The lowest BCUT2D eigenvalue weighted by atomic mass is 10.2. The van der Waals surface area contributed by atoms with E-state index in [0.717, 1.165) is 13.0 Å². The number of carbonyl (C=O) groups excluding carboxylic acids is 1. The normalized spacial score (nSPS) is 23.1. The quantitative estimate of drug-likeness (QED) is 0.634. The SMILES string of the molecule is CN(C)C(=O)N1CCOC(CN)CC1. The highest BCUT2D eigenvalue weighted by atomic mass is 16.5. The molecule has 1 aliphatic heterocycles. The molecule has 0 bridgehead atoms. The zero-order valence-electron chi connectivity index (χ0n) is 8.90. The molecular formula is C9H19N3O2. The molecular weight excluding hydrogens is 182 g/mol. The molecule has 1 aliphatic rings. The lowest BCUT2D eigenvalue weighted by Crippen LogP contribution is -2.40. The van der Waals surface area contributed by atoms with Crippen LogP contribution in [0.15, 0.2) is 0 Å². The maximum Gasteiger partial charge on any atom is 0.319 e. The molecule has 1 heterocycles. The van der Waals surface area contributed by atoms with Gasteiger partial charge in [0, 0.05) is 33.7 Å². The molecule has 0 aromatic rings. The van der Waals surface area contributed by atoms with Crippen molar-refractivity contribution in [2.75, 3.05) is 40.3 Å². The number of nitrogens with zero attached hydrogens (tertiary/aromatic N) is 2. The van der Waals surface area contributed by atoms with Gasteiger partial charge in [0.25, 0.3) is 0 Å². The Balaban J connectivity index is 2.45. The highest BCUT2D eigenvalue weighted by molar-refractivity contribution is 5.73. The second kappa shape index (κ2) is 5.17. The molecule has 1 fully saturated rings. The summed E-state index contributed by atoms with van der Waals surface area (Å²) in [4.78, 5) is 15.0. The summed E-state index contributed by atoms with van der Waals surface area (Å²) in [6, 6.07) is 0.0475. The Morgan fingerprint density at radius 1 is 1.57 bits per heavy atom. The topological polar surface area (TPSA) is 58.8 Å². The lowest BCUT2D eigenvalue weighted by Gasteiger charge is -2.23. The van der Waals surface area contributed by atoms with Crippen molar-refractivity contribution in [1.82, 2.24) is 9.80 Å². The van der Waals surface area contributed by atoms with Crippen LogP contribution in [0.2, 0.25) is 0 Å². The van der Waals surface area contributed by atoms with Gasteiger partial charge in [-0.2, -0.15) is 0 Å². The van der Waals surface area contributed by atoms with Crippen LogP contribution in [0.5, 0.6) is 0 Å². The number of hydrogen-bond donors (Lipinski definition) is 1. The third kappa shape index (κ3) is 2.85. The van der Waals surface area contributed by atoms with Gasteiger partial charge >= 0.3 is 6.03 Å². The molecule has 2 N–H and O–H groups in total. The molecule has 0 spiro atoms. The van der Waals surface area contributed by atoms with Crippen molar-refractivity contribution in [3.63, 3.8) is 0 Å². The monoisotopic (exact) mass is 201 g/mol. The maximum absolute atomic E-state index is 11.6. The average molecular weight is 201 g/mol. The van der Waals surface area contributed by atoms with E-state index in [0.29, 0.717) is 19.7 Å². The predicted molar refractivity (Wildman–Crippen MR) is 54.1 cm³/mol. The van der Waals surface area contributed by atoms with E-state index in [1.54, 1.807) is 23.9 Å². The number of hydrogen-bond acceptors (Lipinski definition) is 3. The Labute approximate surface area is 84.8 Å². The standard InChI is InChI=1S/C9H19N3O2/c1-11(2)9(13)12-4-3-8(7-10)14-6-5-12/h8H,3-7,10H2,1-2H3. The summed E-state index contributed by atoms with van der Waals surface area (Å²) in [5.74, 6) is 0. The summed E-state index contributed by atoms with van der Waals surface area (Å²) in [5, 5.41) is 0. The Morgan fingerprint density at radius 3 is 2.86 bits per heavy atom. The number of ether oxygens (including phenoxy) is 1. The first-order chi connectivity index (χ1) is 6.65. The minimum absolute atomic E-state index is 0.0475. The molecule has 0 aromatic carbocycles. The van der Waals surface area contributed by atoms with Crippen molar-refractivity contribution in [2.24, 2.45) is 5.73 Å². The smallest absolute Gasteiger partial charge is 0.319 e. The van der Waals surface area contributed by atoms with Gasteiger partial charge in [0.15, 0.2) is 0 Å². The highest BCUT2D eigenvalue weighted by Gasteiger charge is 2.20. The van der Waals surface area contributed by atoms with Crippen molar-refractivity contribution in [3.8, 4) is 0 Å². The van der Waals surface area contributed by atoms with E-state index >= 15 is 0 Å². The van der Waals surface area contributed by atoms with E-state index in [9.17, 15) is 4.79 Å². The van der Waals surface area contributed by atoms with Crippen LogP contribution in [0, 0.1) is 0 Å². The summed E-state index contributed by atoms with van der Waals surface area (Å²) in [6.45, 7) is 2.51. The fourth-order valence-corrected chi connectivity index (χ4v) is 1.48. The Morgan fingerprint density at radius 2 is 2.29 bits per heavy atom. The van der Waals surface area contributed by atoms with Crippen LogP contribution in [0.25, 0.3) is 0 Å². The highest BCUT2D eigenvalue weighted by Crippen LogP contribution is 2.07. The average Bonchev–Trinajstić information content (AvgIpc) is 2.41. The number of carbonyl (C=O) groups is 1. The minimum atomic E-state index is 0.0475. The number of urea groups is 1. The van der Waals surface area contributed by atoms with Gasteiger partial charge in [0.1, 0.15) is 0 Å². The molecule has 0 radical (unpaired) electrons. The van der Waals surface area contributed by atoms with E-state index in [-0.39, 0.29) is 12.1 Å². The first-order valence-corrected chi connectivity index (χ1v) is 4.93. The van der Waals surface area contributed by atoms with E-state index in [1.165, 1.54) is 0 Å². The van der Waals surface area contributed by atoms with Crippen LogP contribution < -0.4 is 5.73 Å². The van der Waals surface area contributed by atoms with Crippen LogP contribution in [0.1, 0.15) is 6.42 Å². The molecule has 1 saturated heterocycles. The molecule has 1 rings (SSSR count). The fourth-order valence-electron chi connectivity index (χ4n) is 1.48. The van der Waals surface area contributed by atoms with Gasteiger partial charge in [0.05, 0.1) is 12.7 Å². The Hall–Kier alpha value is -0.810. The van der Waals surface area contributed by atoms with Crippen molar-refractivity contribution in [2.45, 2.75) is 12.5 Å². The molecule has 14 heavy (non-hydrogen) atoms. The Kier molecular flexibility index (Phi) is 4.16. The molecule has 82 valence electrons. The van der Waals surface area contributed by atoms with Crippen LogP contribution in [0.4, 0.5) is 4.79 Å². The molecule has 0 saturated carbocycles. The van der Waals surface area contributed by atoms with Gasteiger partial charge < -0.3 is 20.3 Å². The van der Waals surface area contributed by atoms with Gasteiger partial charge in [0.2, 0.25) is 0 Å². The third-order valence-electron chi connectivity index (χ3n) is 2.35. The second-order valence-electron chi connectivity index (χ2n) is 3.68. The van der Waals surface area contributed by atoms with Gasteiger partial charge in [-0.05, 0) is 6.42 Å². The summed E-state index contributed by atoms with van der Waals surface area (Å²) in [7, 11) is 3.52. The molecule has 5 nitrogen and oxygen atoms in total. The minimum Gasteiger partial charge on any atom is -0.375 e. The molecule has 0 aliphatic carbocycles. The van der Waals surface area contributed by atoms with Gasteiger partial charge in [-0.15, -0.1) is 0 Å². The van der Waals surface area contributed by atoms with Crippen LogP contribution in [0.3, 0.4) is 0 Å². The molecule has 5 heteroatoms. The first kappa shape index (κ1) is 11.3. The first-order valence-electron chi connectivity index (χ1n) is 4.93. The van der Waals surface area contributed by atoms with Crippen molar-refractivity contribution >= 4 is 6.03 Å². The van der Waals surface area contributed by atoms with Crippen LogP contribution in [-0.4, -0.2) is 62.3 Å². The van der Waals surface area contributed by atoms with Gasteiger partial charge in [-0.1, -0.05) is 0 Å². The van der Waals surface area contributed by atoms with Crippen LogP contribution in [-0.2, 0) is 4.74 Å². The van der Waals surface area contributed by atoms with Gasteiger partial charge in [-0.3, -0.25) is 0 Å². The molecule has 0 aromatic heterocycles. The number of amides is 2. The molecule has 2 amide bonds. The van der Waals surface area contributed by atoms with Crippen molar-refractivity contribution in [3.05, 3.63) is 0 Å². The van der Waals surface area contributed by atoms with E-state index in [4.69, 9.17) is 10.5 Å². The van der Waals surface area contributed by atoms with Crippen LogP contribution >= 0.6 is 0 Å². The predicted octanol–water partition coefficient (Wildman–Crippen LogP) is -0.282. The summed E-state index contributed by atoms with van der Waals surface area (Å²) >= 11 is 0. The summed E-state index contributed by atoms with van der Waals surface area (Å²) < 4.78 is 5.47. The van der Waals surface area contributed by atoms with Gasteiger partial charge in [-0.25, -0.2) is 4.79 Å². The largest absolute Gasteiger partial charge is 0.375 e. The molecule has 1 atom stereocenters. The second-order valence-corrected chi connectivity index (χ2v) is 3.68. The van der Waals surface area contributed by atoms with E-state index in [2.05, 4.69) is 0 Å². The summed E-state index contributed by atoms with van der Waals surface area (Å²) in [5.41, 5.74) is 5.52. The lowest BCUT2D eigenvalue weighted by molar-refractivity contribution is 0.0685. The number of nitrogens with two attached hydrogens (primary N) is 1.